The molecule has 0 unspecified atom stereocenters. The maximum atomic E-state index is 13.1. The highest BCUT2D eigenvalue weighted by atomic mass is 79.9. The Hall–Kier alpha value is -2.39. The highest BCUT2D eigenvalue weighted by Gasteiger charge is 2.33. The summed E-state index contributed by atoms with van der Waals surface area (Å²) in [7, 11) is -3.69. The lowest BCUT2D eigenvalue weighted by molar-refractivity contribution is -0.120. The minimum atomic E-state index is -3.69. The van der Waals surface area contributed by atoms with Crippen LogP contribution in [0.15, 0.2) is 82.2 Å². The molecule has 1 heterocycles. The van der Waals surface area contributed by atoms with Crippen molar-refractivity contribution in [1.82, 2.24) is 4.31 Å². The summed E-state index contributed by atoms with van der Waals surface area (Å²) in [6.07, 6.45) is 1.18. The van der Waals surface area contributed by atoms with E-state index < -0.39 is 15.9 Å². The van der Waals surface area contributed by atoms with E-state index in [4.69, 9.17) is 16.3 Å². The molecule has 0 spiro atoms. The molecule has 1 amide bonds. The van der Waals surface area contributed by atoms with Gasteiger partial charge in [-0.3, -0.25) is 4.79 Å². The van der Waals surface area contributed by atoms with Crippen LogP contribution in [0.3, 0.4) is 0 Å². The molecular weight excluding hydrogens is 528 g/mol. The molecular formula is C24H22BrClN2O4S. The maximum Gasteiger partial charge on any atom is 0.243 e. The van der Waals surface area contributed by atoms with Crippen LogP contribution in [0.2, 0.25) is 5.02 Å². The van der Waals surface area contributed by atoms with Crippen molar-refractivity contribution >= 4 is 49.1 Å². The van der Waals surface area contributed by atoms with E-state index in [2.05, 4.69) is 21.2 Å². The normalized spacial score (nSPS) is 16.8. The summed E-state index contributed by atoms with van der Waals surface area (Å²) in [6.45, 7) is 0.487. The van der Waals surface area contributed by atoms with Crippen molar-refractivity contribution in [2.24, 2.45) is 5.92 Å². The first-order chi connectivity index (χ1) is 15.8. The van der Waals surface area contributed by atoms with Gasteiger partial charge in [-0.05, 0) is 67.4 Å². The summed E-state index contributed by atoms with van der Waals surface area (Å²) < 4.78 is 34.2. The van der Waals surface area contributed by atoms with Crippen molar-refractivity contribution in [3.63, 3.8) is 0 Å². The largest absolute Gasteiger partial charge is 0.455 e. The van der Waals surface area contributed by atoms with Crippen LogP contribution in [-0.4, -0.2) is 31.7 Å². The quantitative estimate of drug-likeness (QED) is 0.413. The molecule has 0 aliphatic carbocycles. The van der Waals surface area contributed by atoms with E-state index in [1.165, 1.54) is 4.31 Å². The number of ether oxygens (including phenoxy) is 1. The molecule has 3 aromatic carbocycles. The fraction of sp³-hybridized carbons (Fsp3) is 0.208. The Morgan fingerprint density at radius 3 is 2.52 bits per heavy atom. The Balaban J connectivity index is 1.50. The van der Waals surface area contributed by atoms with Crippen molar-refractivity contribution in [3.05, 3.63) is 82.3 Å². The molecule has 1 fully saturated rings. The van der Waals surface area contributed by atoms with Crippen molar-refractivity contribution < 1.29 is 17.9 Å². The smallest absolute Gasteiger partial charge is 0.243 e. The Labute approximate surface area is 206 Å². The van der Waals surface area contributed by atoms with E-state index in [0.717, 1.165) is 4.47 Å². The van der Waals surface area contributed by atoms with Gasteiger partial charge in [-0.15, -0.1) is 0 Å². The Morgan fingerprint density at radius 2 is 1.79 bits per heavy atom. The van der Waals surface area contributed by atoms with Gasteiger partial charge in [0.1, 0.15) is 5.75 Å². The van der Waals surface area contributed by atoms with E-state index in [9.17, 15) is 13.2 Å². The van der Waals surface area contributed by atoms with Crippen LogP contribution in [0.1, 0.15) is 12.8 Å². The van der Waals surface area contributed by atoms with Crippen molar-refractivity contribution in [2.75, 3.05) is 18.4 Å². The molecule has 0 bridgehead atoms. The molecule has 9 heteroatoms. The predicted octanol–water partition coefficient (Wildman–Crippen LogP) is 5.93. The third-order valence-electron chi connectivity index (χ3n) is 5.38. The highest BCUT2D eigenvalue weighted by molar-refractivity contribution is 9.10. The van der Waals surface area contributed by atoms with Gasteiger partial charge in [-0.25, -0.2) is 8.42 Å². The van der Waals surface area contributed by atoms with Crippen molar-refractivity contribution in [1.29, 1.82) is 0 Å². The van der Waals surface area contributed by atoms with Gasteiger partial charge in [-0.1, -0.05) is 45.7 Å². The lowest BCUT2D eigenvalue weighted by Crippen LogP contribution is -2.43. The lowest BCUT2D eigenvalue weighted by atomic mass is 9.98. The number of amides is 1. The summed E-state index contributed by atoms with van der Waals surface area (Å²) >= 11 is 9.47. The molecule has 3 aromatic rings. The van der Waals surface area contributed by atoms with Gasteiger partial charge >= 0.3 is 0 Å². The Morgan fingerprint density at radius 1 is 1.06 bits per heavy atom. The van der Waals surface area contributed by atoms with E-state index >= 15 is 0 Å². The number of hydrogen-bond donors (Lipinski definition) is 1. The van der Waals surface area contributed by atoms with Crippen LogP contribution in [0, 0.1) is 5.92 Å². The molecule has 0 aromatic heterocycles. The van der Waals surface area contributed by atoms with Gasteiger partial charge in [0.25, 0.3) is 0 Å². The lowest BCUT2D eigenvalue weighted by Gasteiger charge is -2.31. The van der Waals surface area contributed by atoms with Crippen molar-refractivity contribution in [3.8, 4) is 11.5 Å². The van der Waals surface area contributed by atoms with Gasteiger partial charge in [0.2, 0.25) is 15.9 Å². The Kier molecular flexibility index (Phi) is 7.38. The SMILES string of the molecule is O=C(Nc1cc(Cl)ccc1Oc1ccccc1)[C@H]1CCCN(S(=O)(=O)c2ccc(Br)cc2)C1. The number of para-hydroxylation sites is 1. The fourth-order valence-electron chi connectivity index (χ4n) is 3.67. The third-order valence-corrected chi connectivity index (χ3v) is 8.02. The number of rotatable bonds is 6. The molecule has 6 nitrogen and oxygen atoms in total. The number of carbonyl (C=O) groups excluding carboxylic acids is 1. The zero-order valence-corrected chi connectivity index (χ0v) is 20.7. The molecule has 0 radical (unpaired) electrons. The van der Waals surface area contributed by atoms with Crippen LogP contribution < -0.4 is 10.1 Å². The second-order valence-electron chi connectivity index (χ2n) is 7.70. The number of hydrogen-bond acceptors (Lipinski definition) is 4. The number of nitrogens with one attached hydrogen (secondary N) is 1. The van der Waals surface area contributed by atoms with Gasteiger partial charge in [0, 0.05) is 22.6 Å². The molecule has 4 rings (SSSR count). The van der Waals surface area contributed by atoms with E-state index in [1.54, 1.807) is 42.5 Å². The zero-order valence-electron chi connectivity index (χ0n) is 17.6. The van der Waals surface area contributed by atoms with E-state index in [-0.39, 0.29) is 17.3 Å². The van der Waals surface area contributed by atoms with Crippen LogP contribution >= 0.6 is 27.5 Å². The maximum absolute atomic E-state index is 13.1. The van der Waals surface area contributed by atoms with Gasteiger partial charge in [0.15, 0.2) is 5.75 Å². The van der Waals surface area contributed by atoms with Crippen LogP contribution in [0.5, 0.6) is 11.5 Å². The van der Waals surface area contributed by atoms with Crippen LogP contribution in [-0.2, 0) is 14.8 Å². The highest BCUT2D eigenvalue weighted by Crippen LogP contribution is 2.33. The minimum absolute atomic E-state index is 0.111. The minimum Gasteiger partial charge on any atom is -0.455 e. The number of carbonyl (C=O) groups is 1. The second kappa shape index (κ2) is 10.3. The van der Waals surface area contributed by atoms with Gasteiger partial charge < -0.3 is 10.1 Å². The molecule has 1 atom stereocenters. The predicted molar refractivity (Wildman–Crippen MR) is 132 cm³/mol. The van der Waals surface area contributed by atoms with Gasteiger partial charge in [-0.2, -0.15) is 4.31 Å². The standard InChI is InChI=1S/C24H22BrClN2O4S/c25-18-8-11-21(12-9-18)33(30,31)28-14-4-5-17(16-28)24(29)27-22-15-19(26)10-13-23(22)32-20-6-2-1-3-7-20/h1-3,6-13,15,17H,4-5,14,16H2,(H,27,29)/t17-/m0/s1. The average Bonchev–Trinajstić information content (AvgIpc) is 2.82. The van der Waals surface area contributed by atoms with Gasteiger partial charge in [0.05, 0.1) is 16.5 Å². The van der Waals surface area contributed by atoms with Crippen molar-refractivity contribution in [2.45, 2.75) is 17.7 Å². The third kappa shape index (κ3) is 5.76. The zero-order chi connectivity index (χ0) is 23.4. The molecule has 33 heavy (non-hydrogen) atoms. The number of nitrogens with zero attached hydrogens (tertiary/aromatic N) is 1. The second-order valence-corrected chi connectivity index (χ2v) is 11.0. The first kappa shape index (κ1) is 23.8. The summed E-state index contributed by atoms with van der Waals surface area (Å²) in [4.78, 5) is 13.3. The van der Waals surface area contributed by atoms with E-state index in [1.807, 2.05) is 30.3 Å². The summed E-state index contributed by atoms with van der Waals surface area (Å²) in [5, 5.41) is 3.34. The summed E-state index contributed by atoms with van der Waals surface area (Å²) in [6, 6.07) is 20.7. The number of halogens is 2. The monoisotopic (exact) mass is 548 g/mol. The fourth-order valence-corrected chi connectivity index (χ4v) is 5.63. The van der Waals surface area contributed by atoms with E-state index in [0.29, 0.717) is 41.6 Å². The number of benzene rings is 3. The average molecular weight is 550 g/mol. The molecule has 1 aliphatic rings. The molecule has 172 valence electrons. The summed E-state index contributed by atoms with van der Waals surface area (Å²) in [5.74, 6) is 0.312. The molecule has 1 N–H and O–H groups in total. The first-order valence-electron chi connectivity index (χ1n) is 10.4. The number of anilines is 1. The molecule has 0 saturated carbocycles. The first-order valence-corrected chi connectivity index (χ1v) is 13.0. The Bertz CT molecular complexity index is 1240. The molecule has 1 saturated heterocycles. The van der Waals surface area contributed by atoms with Crippen LogP contribution in [0.4, 0.5) is 5.69 Å². The number of piperidine rings is 1. The summed E-state index contributed by atoms with van der Waals surface area (Å²) in [5.41, 5.74) is 0.434. The number of sulfonamides is 1. The molecule has 1 aliphatic heterocycles. The topological polar surface area (TPSA) is 75.7 Å². The van der Waals surface area contributed by atoms with Crippen LogP contribution in [0.25, 0.3) is 0 Å².